The molecule has 20 heavy (non-hydrogen) atoms. The minimum absolute atomic E-state index is 0.0382. The lowest BCUT2D eigenvalue weighted by atomic mass is 10.0. The van der Waals surface area contributed by atoms with Gasteiger partial charge in [-0.15, -0.1) is 0 Å². The van der Waals surface area contributed by atoms with Crippen molar-refractivity contribution >= 4 is 0 Å². The summed E-state index contributed by atoms with van der Waals surface area (Å²) in [6, 6.07) is 8.36. The second-order valence-electron chi connectivity index (χ2n) is 5.77. The second kappa shape index (κ2) is 7.77. The molecule has 1 aliphatic rings. The molecule has 0 bridgehead atoms. The zero-order valence-electron chi connectivity index (χ0n) is 12.6. The molecule has 3 atom stereocenters. The Balaban J connectivity index is 1.83. The van der Waals surface area contributed by atoms with Crippen molar-refractivity contribution in [3.05, 3.63) is 35.4 Å². The molecule has 112 valence electrons. The fourth-order valence-electron chi connectivity index (χ4n) is 2.69. The summed E-state index contributed by atoms with van der Waals surface area (Å²) in [7, 11) is 0. The van der Waals surface area contributed by atoms with Crippen molar-refractivity contribution in [2.75, 3.05) is 13.2 Å². The summed E-state index contributed by atoms with van der Waals surface area (Å²) in [5, 5.41) is 13.8. The Labute approximate surface area is 122 Å². The number of hydrogen-bond donors (Lipinski definition) is 2. The number of aryl methyl sites for hydroxylation is 1. The molecular weight excluding hydrogens is 250 g/mol. The number of ether oxygens (including phenoxy) is 1. The Morgan fingerprint density at radius 2 is 2.10 bits per heavy atom. The Bertz CT molecular complexity index is 384. The van der Waals surface area contributed by atoms with E-state index in [1.54, 1.807) is 0 Å². The standard InChI is InChI=1S/C17H27NO2/c1-3-5-14-7-9-15(10-8-14)17(19)13(2)18-12-16-6-4-11-20-16/h7-10,13,16-19H,3-6,11-12H2,1-2H3. The van der Waals surface area contributed by atoms with Crippen molar-refractivity contribution in [3.63, 3.8) is 0 Å². The van der Waals surface area contributed by atoms with E-state index >= 15 is 0 Å². The molecule has 2 N–H and O–H groups in total. The van der Waals surface area contributed by atoms with Crippen LogP contribution in [0.2, 0.25) is 0 Å². The molecule has 1 aromatic carbocycles. The molecule has 0 radical (unpaired) electrons. The topological polar surface area (TPSA) is 41.5 Å². The quantitative estimate of drug-likeness (QED) is 0.805. The van der Waals surface area contributed by atoms with Gasteiger partial charge in [0.2, 0.25) is 0 Å². The van der Waals surface area contributed by atoms with E-state index in [9.17, 15) is 5.11 Å². The van der Waals surface area contributed by atoms with Crippen LogP contribution in [0, 0.1) is 0 Å². The third-order valence-electron chi connectivity index (χ3n) is 4.03. The first kappa shape index (κ1) is 15.5. The van der Waals surface area contributed by atoms with Gasteiger partial charge in [-0.25, -0.2) is 0 Å². The Kier molecular flexibility index (Phi) is 6.02. The summed E-state index contributed by atoms with van der Waals surface area (Å²) in [6.07, 6.45) is 4.39. The first-order chi connectivity index (χ1) is 9.70. The van der Waals surface area contributed by atoms with E-state index in [4.69, 9.17) is 4.74 Å². The average molecular weight is 277 g/mol. The Morgan fingerprint density at radius 1 is 1.35 bits per heavy atom. The van der Waals surface area contributed by atoms with Crippen molar-refractivity contribution in [3.8, 4) is 0 Å². The molecule has 3 unspecified atom stereocenters. The van der Waals surface area contributed by atoms with Crippen LogP contribution in [0.3, 0.4) is 0 Å². The summed E-state index contributed by atoms with van der Waals surface area (Å²) in [5.41, 5.74) is 2.32. The molecule has 1 fully saturated rings. The number of aliphatic hydroxyl groups is 1. The number of benzene rings is 1. The largest absolute Gasteiger partial charge is 0.387 e. The molecule has 0 aliphatic carbocycles. The highest BCUT2D eigenvalue weighted by Gasteiger charge is 2.20. The maximum absolute atomic E-state index is 10.4. The third kappa shape index (κ3) is 4.30. The molecule has 1 heterocycles. The SMILES string of the molecule is CCCc1ccc(C(O)C(C)NCC2CCCO2)cc1. The Morgan fingerprint density at radius 3 is 2.70 bits per heavy atom. The average Bonchev–Trinajstić information content (AvgIpc) is 2.98. The van der Waals surface area contributed by atoms with Crippen molar-refractivity contribution in [1.82, 2.24) is 5.32 Å². The van der Waals surface area contributed by atoms with Crippen molar-refractivity contribution < 1.29 is 9.84 Å². The van der Waals surface area contributed by atoms with Gasteiger partial charge in [0.15, 0.2) is 0 Å². The first-order valence-corrected chi connectivity index (χ1v) is 7.82. The predicted molar refractivity (Wildman–Crippen MR) is 81.8 cm³/mol. The number of rotatable bonds is 7. The van der Waals surface area contributed by atoms with Gasteiger partial charge in [0, 0.05) is 19.2 Å². The van der Waals surface area contributed by atoms with Gasteiger partial charge in [-0.2, -0.15) is 0 Å². The van der Waals surface area contributed by atoms with Gasteiger partial charge in [-0.05, 0) is 37.3 Å². The lowest BCUT2D eigenvalue weighted by Crippen LogP contribution is -2.37. The predicted octanol–water partition coefficient (Wildman–Crippen LogP) is 2.83. The van der Waals surface area contributed by atoms with Gasteiger partial charge >= 0.3 is 0 Å². The lowest BCUT2D eigenvalue weighted by molar-refractivity contribution is 0.0910. The van der Waals surface area contributed by atoms with E-state index in [2.05, 4.69) is 24.4 Å². The normalized spacial score (nSPS) is 21.9. The highest BCUT2D eigenvalue weighted by atomic mass is 16.5. The van der Waals surface area contributed by atoms with Crippen molar-refractivity contribution in [1.29, 1.82) is 0 Å². The van der Waals surface area contributed by atoms with E-state index in [1.165, 1.54) is 5.56 Å². The van der Waals surface area contributed by atoms with Crippen LogP contribution in [0.15, 0.2) is 24.3 Å². The smallest absolute Gasteiger partial charge is 0.0940 e. The van der Waals surface area contributed by atoms with Crippen LogP contribution >= 0.6 is 0 Å². The number of nitrogens with one attached hydrogen (secondary N) is 1. The zero-order chi connectivity index (χ0) is 14.4. The molecule has 3 nitrogen and oxygen atoms in total. The minimum atomic E-state index is -0.466. The molecule has 1 aromatic rings. The molecule has 3 heteroatoms. The van der Waals surface area contributed by atoms with E-state index in [0.717, 1.165) is 44.4 Å². The van der Waals surface area contributed by atoms with Gasteiger partial charge in [0.25, 0.3) is 0 Å². The van der Waals surface area contributed by atoms with Crippen molar-refractivity contribution in [2.24, 2.45) is 0 Å². The van der Waals surface area contributed by atoms with Crippen LogP contribution in [0.25, 0.3) is 0 Å². The molecule has 1 aliphatic heterocycles. The summed E-state index contributed by atoms with van der Waals surface area (Å²) >= 11 is 0. The van der Waals surface area contributed by atoms with E-state index < -0.39 is 6.10 Å². The van der Waals surface area contributed by atoms with Gasteiger partial charge < -0.3 is 15.2 Å². The highest BCUT2D eigenvalue weighted by Crippen LogP contribution is 2.19. The molecule has 0 spiro atoms. The van der Waals surface area contributed by atoms with Gasteiger partial charge in [0.05, 0.1) is 12.2 Å². The molecular formula is C17H27NO2. The number of hydrogen-bond acceptors (Lipinski definition) is 3. The third-order valence-corrected chi connectivity index (χ3v) is 4.03. The fourth-order valence-corrected chi connectivity index (χ4v) is 2.69. The van der Waals surface area contributed by atoms with Crippen molar-refractivity contribution in [2.45, 2.75) is 57.8 Å². The molecule has 2 rings (SSSR count). The maximum atomic E-state index is 10.4. The van der Waals surface area contributed by atoms with Crippen LogP contribution < -0.4 is 5.32 Å². The maximum Gasteiger partial charge on any atom is 0.0940 e. The van der Waals surface area contributed by atoms with Crippen LogP contribution in [-0.2, 0) is 11.2 Å². The summed E-state index contributed by atoms with van der Waals surface area (Å²) in [4.78, 5) is 0. The highest BCUT2D eigenvalue weighted by molar-refractivity contribution is 5.25. The van der Waals surface area contributed by atoms with E-state index in [-0.39, 0.29) is 6.04 Å². The summed E-state index contributed by atoms with van der Waals surface area (Å²) in [6.45, 7) is 5.91. The van der Waals surface area contributed by atoms with Crippen LogP contribution in [-0.4, -0.2) is 30.4 Å². The Hall–Kier alpha value is -0.900. The lowest BCUT2D eigenvalue weighted by Gasteiger charge is -2.22. The monoisotopic (exact) mass is 277 g/mol. The molecule has 1 saturated heterocycles. The van der Waals surface area contributed by atoms with Gasteiger partial charge in [-0.3, -0.25) is 0 Å². The summed E-state index contributed by atoms with van der Waals surface area (Å²) < 4.78 is 5.59. The van der Waals surface area contributed by atoms with E-state index in [1.807, 2.05) is 19.1 Å². The fraction of sp³-hybridized carbons (Fsp3) is 0.647. The molecule has 0 amide bonds. The van der Waals surface area contributed by atoms with Crippen LogP contribution in [0.4, 0.5) is 0 Å². The minimum Gasteiger partial charge on any atom is -0.387 e. The van der Waals surface area contributed by atoms with E-state index in [0.29, 0.717) is 6.10 Å². The summed E-state index contributed by atoms with van der Waals surface area (Å²) in [5.74, 6) is 0. The van der Waals surface area contributed by atoms with Crippen LogP contribution in [0.1, 0.15) is 50.3 Å². The van der Waals surface area contributed by atoms with Gasteiger partial charge in [-0.1, -0.05) is 37.6 Å². The number of aliphatic hydroxyl groups excluding tert-OH is 1. The first-order valence-electron chi connectivity index (χ1n) is 7.82. The second-order valence-corrected chi connectivity index (χ2v) is 5.77. The van der Waals surface area contributed by atoms with Crippen LogP contribution in [0.5, 0.6) is 0 Å². The van der Waals surface area contributed by atoms with Gasteiger partial charge in [0.1, 0.15) is 0 Å². The zero-order valence-corrected chi connectivity index (χ0v) is 12.6. The molecule has 0 aromatic heterocycles. The molecule has 0 saturated carbocycles.